The van der Waals surface area contributed by atoms with Crippen molar-refractivity contribution in [1.82, 2.24) is 25.2 Å². The van der Waals surface area contributed by atoms with Crippen LogP contribution in [-0.2, 0) is 11.3 Å². The second kappa shape index (κ2) is 5.11. The molecule has 2 N–H and O–H groups in total. The van der Waals surface area contributed by atoms with E-state index in [-0.39, 0.29) is 11.9 Å². The Morgan fingerprint density at radius 1 is 1.38 bits per heavy atom. The third-order valence-electron chi connectivity index (χ3n) is 4.83. The predicted octanol–water partition coefficient (Wildman–Crippen LogP) is 0.734. The summed E-state index contributed by atoms with van der Waals surface area (Å²) in [6.45, 7) is 1.40. The van der Waals surface area contributed by atoms with Gasteiger partial charge in [0.2, 0.25) is 5.91 Å². The summed E-state index contributed by atoms with van der Waals surface area (Å²) in [5.74, 6) is 2.06. The molecule has 2 aromatic heterocycles. The molecule has 1 amide bonds. The summed E-state index contributed by atoms with van der Waals surface area (Å²) in [5, 5.41) is 14.6. The fraction of sp³-hybridized carbons (Fsp3) is 0.533. The molecular formula is C15H19N5O. The Balaban J connectivity index is 1.43. The van der Waals surface area contributed by atoms with Gasteiger partial charge in [-0.05, 0) is 43.4 Å². The quantitative estimate of drug-likeness (QED) is 0.872. The van der Waals surface area contributed by atoms with Crippen molar-refractivity contribution in [3.05, 3.63) is 30.2 Å². The molecule has 6 nitrogen and oxygen atoms in total. The summed E-state index contributed by atoms with van der Waals surface area (Å²) in [7, 11) is 0. The Bertz CT molecular complexity index is 667. The Kier molecular flexibility index (Phi) is 3.11. The summed E-state index contributed by atoms with van der Waals surface area (Å²) in [6.07, 6.45) is 5.60. The molecule has 3 atom stereocenters. The SMILES string of the molecule is O=C(NCc1nnc2ccccn12)C1NCC2CCCC21. The Morgan fingerprint density at radius 3 is 3.29 bits per heavy atom. The van der Waals surface area contributed by atoms with Crippen molar-refractivity contribution in [2.24, 2.45) is 11.8 Å². The molecule has 2 aliphatic rings. The van der Waals surface area contributed by atoms with Crippen LogP contribution in [0.5, 0.6) is 0 Å². The van der Waals surface area contributed by atoms with Gasteiger partial charge in [-0.3, -0.25) is 9.20 Å². The minimum Gasteiger partial charge on any atom is -0.347 e. The predicted molar refractivity (Wildman–Crippen MR) is 77.5 cm³/mol. The Labute approximate surface area is 122 Å². The largest absolute Gasteiger partial charge is 0.347 e. The molecule has 3 unspecified atom stereocenters. The van der Waals surface area contributed by atoms with E-state index in [9.17, 15) is 4.79 Å². The molecule has 1 aliphatic heterocycles. The van der Waals surface area contributed by atoms with Crippen molar-refractivity contribution < 1.29 is 4.79 Å². The van der Waals surface area contributed by atoms with Crippen LogP contribution in [0.4, 0.5) is 0 Å². The van der Waals surface area contributed by atoms with Crippen molar-refractivity contribution >= 4 is 11.6 Å². The molecule has 2 aromatic rings. The minimum absolute atomic E-state index is 0.0308. The third-order valence-corrected chi connectivity index (χ3v) is 4.83. The van der Waals surface area contributed by atoms with Gasteiger partial charge in [-0.1, -0.05) is 12.5 Å². The van der Waals surface area contributed by atoms with Gasteiger partial charge in [-0.15, -0.1) is 10.2 Å². The molecule has 0 spiro atoms. The van der Waals surface area contributed by atoms with Gasteiger partial charge in [0.1, 0.15) is 0 Å². The van der Waals surface area contributed by atoms with Crippen LogP contribution in [0.25, 0.3) is 5.65 Å². The Hall–Kier alpha value is -1.95. The number of carbonyl (C=O) groups excluding carboxylic acids is 1. The zero-order valence-electron chi connectivity index (χ0n) is 11.8. The monoisotopic (exact) mass is 285 g/mol. The third kappa shape index (κ3) is 2.19. The van der Waals surface area contributed by atoms with Crippen molar-refractivity contribution in [3.8, 4) is 0 Å². The number of hydrogen-bond donors (Lipinski definition) is 2. The van der Waals surface area contributed by atoms with Crippen LogP contribution in [0.1, 0.15) is 25.1 Å². The molecule has 2 fully saturated rings. The maximum absolute atomic E-state index is 12.4. The topological polar surface area (TPSA) is 71.3 Å². The lowest BCUT2D eigenvalue weighted by atomic mass is 9.94. The average molecular weight is 285 g/mol. The summed E-state index contributed by atoms with van der Waals surface area (Å²) < 4.78 is 1.90. The molecule has 0 bridgehead atoms. The van der Waals surface area contributed by atoms with Crippen molar-refractivity contribution in [2.75, 3.05) is 6.54 Å². The molecule has 0 aromatic carbocycles. The van der Waals surface area contributed by atoms with E-state index in [0.29, 0.717) is 18.4 Å². The fourth-order valence-electron chi connectivity index (χ4n) is 3.76. The van der Waals surface area contributed by atoms with Gasteiger partial charge in [0.25, 0.3) is 0 Å². The molecular weight excluding hydrogens is 266 g/mol. The highest BCUT2D eigenvalue weighted by molar-refractivity contribution is 5.82. The number of nitrogens with zero attached hydrogens (tertiary/aromatic N) is 3. The van der Waals surface area contributed by atoms with Crippen LogP contribution in [0.2, 0.25) is 0 Å². The molecule has 21 heavy (non-hydrogen) atoms. The van der Waals surface area contributed by atoms with Crippen LogP contribution in [0.15, 0.2) is 24.4 Å². The maximum atomic E-state index is 12.4. The van der Waals surface area contributed by atoms with Crippen LogP contribution in [-0.4, -0.2) is 33.1 Å². The van der Waals surface area contributed by atoms with Crippen molar-refractivity contribution in [3.63, 3.8) is 0 Å². The number of pyridine rings is 1. The van der Waals surface area contributed by atoms with Crippen molar-refractivity contribution in [1.29, 1.82) is 0 Å². The minimum atomic E-state index is -0.0308. The van der Waals surface area contributed by atoms with Crippen LogP contribution < -0.4 is 10.6 Å². The molecule has 4 rings (SSSR count). The maximum Gasteiger partial charge on any atom is 0.237 e. The van der Waals surface area contributed by atoms with Crippen molar-refractivity contribution in [2.45, 2.75) is 31.8 Å². The summed E-state index contributed by atoms with van der Waals surface area (Å²) in [4.78, 5) is 12.4. The normalized spacial score (nSPS) is 27.9. The number of carbonyl (C=O) groups is 1. The van der Waals surface area contributed by atoms with E-state index in [1.165, 1.54) is 19.3 Å². The molecule has 6 heteroatoms. The van der Waals surface area contributed by atoms with Gasteiger partial charge in [0.05, 0.1) is 12.6 Å². The molecule has 110 valence electrons. The lowest BCUT2D eigenvalue weighted by Gasteiger charge is -2.17. The molecule has 3 heterocycles. The first-order chi connectivity index (χ1) is 10.3. The van der Waals surface area contributed by atoms with Crippen LogP contribution in [0, 0.1) is 11.8 Å². The standard InChI is InChI=1S/C15H19N5O/c21-15(14-11-5-3-4-10(11)8-16-14)17-9-13-19-18-12-6-1-2-7-20(12)13/h1-2,6-7,10-11,14,16H,3-5,8-9H2,(H,17,21). The number of hydrogen-bond acceptors (Lipinski definition) is 4. The number of fused-ring (bicyclic) bond motifs is 2. The van der Waals surface area contributed by atoms with E-state index in [1.807, 2.05) is 28.8 Å². The zero-order chi connectivity index (χ0) is 14.2. The number of rotatable bonds is 3. The molecule has 1 aliphatic carbocycles. The van der Waals surface area contributed by atoms with E-state index < -0.39 is 0 Å². The summed E-state index contributed by atoms with van der Waals surface area (Å²) >= 11 is 0. The lowest BCUT2D eigenvalue weighted by Crippen LogP contribution is -2.43. The molecule has 0 radical (unpaired) electrons. The van der Waals surface area contributed by atoms with Crippen LogP contribution >= 0.6 is 0 Å². The highest BCUT2D eigenvalue weighted by Crippen LogP contribution is 2.37. The van der Waals surface area contributed by atoms with Gasteiger partial charge in [-0.25, -0.2) is 0 Å². The van der Waals surface area contributed by atoms with E-state index in [1.54, 1.807) is 0 Å². The van der Waals surface area contributed by atoms with Gasteiger partial charge < -0.3 is 10.6 Å². The summed E-state index contributed by atoms with van der Waals surface area (Å²) in [6, 6.07) is 5.73. The second-order valence-electron chi connectivity index (χ2n) is 6.00. The van der Waals surface area contributed by atoms with Gasteiger partial charge in [-0.2, -0.15) is 0 Å². The first-order valence-electron chi connectivity index (χ1n) is 7.62. The molecule has 1 saturated heterocycles. The summed E-state index contributed by atoms with van der Waals surface area (Å²) in [5.41, 5.74) is 0.802. The van der Waals surface area contributed by atoms with E-state index >= 15 is 0 Å². The van der Waals surface area contributed by atoms with Crippen LogP contribution in [0.3, 0.4) is 0 Å². The van der Waals surface area contributed by atoms with Gasteiger partial charge >= 0.3 is 0 Å². The average Bonchev–Trinajstić information content (AvgIpc) is 3.19. The first kappa shape index (κ1) is 12.8. The highest BCUT2D eigenvalue weighted by atomic mass is 16.2. The smallest absolute Gasteiger partial charge is 0.237 e. The number of nitrogens with one attached hydrogen (secondary N) is 2. The van der Waals surface area contributed by atoms with Gasteiger partial charge in [0.15, 0.2) is 11.5 Å². The van der Waals surface area contributed by atoms with Gasteiger partial charge in [0, 0.05) is 6.20 Å². The highest BCUT2D eigenvalue weighted by Gasteiger charge is 2.42. The Morgan fingerprint density at radius 2 is 2.33 bits per heavy atom. The zero-order valence-corrected chi connectivity index (χ0v) is 11.8. The first-order valence-corrected chi connectivity index (χ1v) is 7.62. The fourth-order valence-corrected chi connectivity index (χ4v) is 3.76. The van der Waals surface area contributed by atoms with E-state index in [0.717, 1.165) is 18.0 Å². The van der Waals surface area contributed by atoms with E-state index in [4.69, 9.17) is 0 Å². The number of aromatic nitrogens is 3. The lowest BCUT2D eigenvalue weighted by molar-refractivity contribution is -0.124. The number of amides is 1. The molecule has 1 saturated carbocycles. The van der Waals surface area contributed by atoms with E-state index in [2.05, 4.69) is 20.8 Å². The second-order valence-corrected chi connectivity index (χ2v) is 6.00.